The minimum atomic E-state index is -0.432. The van der Waals surface area contributed by atoms with Gasteiger partial charge in [0.2, 0.25) is 0 Å². The highest BCUT2D eigenvalue weighted by molar-refractivity contribution is 9.10. The van der Waals surface area contributed by atoms with Gasteiger partial charge in [-0.25, -0.2) is 0 Å². The number of carbonyl (C=O) groups excluding carboxylic acids is 2. The van der Waals surface area contributed by atoms with Gasteiger partial charge < -0.3 is 14.6 Å². The molecular formula is C12H15BrN2O3. The number of ether oxygens (including phenoxy) is 1. The first-order valence-corrected chi connectivity index (χ1v) is 6.27. The predicted molar refractivity (Wildman–Crippen MR) is 71.2 cm³/mol. The van der Waals surface area contributed by atoms with E-state index < -0.39 is 5.97 Å². The molecule has 0 aliphatic heterocycles. The lowest BCUT2D eigenvalue weighted by Gasteiger charge is -2.19. The predicted octanol–water partition coefficient (Wildman–Crippen LogP) is 1.97. The first-order chi connectivity index (χ1) is 8.58. The van der Waals surface area contributed by atoms with E-state index in [1.807, 2.05) is 0 Å². The Hall–Kier alpha value is -1.56. The van der Waals surface area contributed by atoms with Crippen molar-refractivity contribution in [3.63, 3.8) is 0 Å². The van der Waals surface area contributed by atoms with Crippen molar-refractivity contribution in [3.8, 4) is 0 Å². The smallest absolute Gasteiger partial charge is 0.325 e. The van der Waals surface area contributed by atoms with E-state index in [4.69, 9.17) is 4.74 Å². The molecule has 0 radical (unpaired) electrons. The van der Waals surface area contributed by atoms with Gasteiger partial charge in [0, 0.05) is 17.2 Å². The summed E-state index contributed by atoms with van der Waals surface area (Å²) in [6.07, 6.45) is 3.22. The number of nitrogens with one attached hydrogen (secondary N) is 1. The number of carbonyl (C=O) groups is 2. The van der Waals surface area contributed by atoms with Gasteiger partial charge in [-0.1, -0.05) is 6.08 Å². The molecule has 0 aromatic carbocycles. The van der Waals surface area contributed by atoms with Crippen LogP contribution in [0.1, 0.15) is 17.4 Å². The zero-order valence-corrected chi connectivity index (χ0v) is 11.7. The zero-order chi connectivity index (χ0) is 13.5. The van der Waals surface area contributed by atoms with Crippen molar-refractivity contribution in [2.45, 2.75) is 6.92 Å². The zero-order valence-electron chi connectivity index (χ0n) is 10.1. The number of amides is 1. The number of aromatic nitrogens is 1. The van der Waals surface area contributed by atoms with Crippen molar-refractivity contribution in [2.24, 2.45) is 0 Å². The maximum atomic E-state index is 12.1. The Bertz CT molecular complexity index is 442. The molecule has 1 aromatic heterocycles. The van der Waals surface area contributed by atoms with Crippen LogP contribution in [0.5, 0.6) is 0 Å². The van der Waals surface area contributed by atoms with E-state index >= 15 is 0 Å². The molecule has 0 saturated heterocycles. The van der Waals surface area contributed by atoms with Crippen molar-refractivity contribution < 1.29 is 14.3 Å². The number of hydrogen-bond donors (Lipinski definition) is 1. The number of nitrogens with zero attached hydrogens (tertiary/aromatic N) is 1. The van der Waals surface area contributed by atoms with Gasteiger partial charge in [0.25, 0.3) is 5.91 Å². The first-order valence-electron chi connectivity index (χ1n) is 5.48. The Balaban J connectivity index is 2.74. The second kappa shape index (κ2) is 7.00. The average molecular weight is 315 g/mol. The Morgan fingerprint density at radius 2 is 2.33 bits per heavy atom. The standard InChI is InChI=1S/C12H15BrN2O3/c1-3-5-15(8-11(16)18-4-2)12(17)10-6-9(13)7-14-10/h3,6-7,14H,1,4-5,8H2,2H3. The summed E-state index contributed by atoms with van der Waals surface area (Å²) in [6, 6.07) is 1.66. The molecule has 0 atom stereocenters. The van der Waals surface area contributed by atoms with Gasteiger partial charge in [0.1, 0.15) is 12.2 Å². The molecule has 1 rings (SSSR count). The minimum Gasteiger partial charge on any atom is -0.465 e. The molecule has 0 aliphatic carbocycles. The normalized spacial score (nSPS) is 9.89. The number of rotatable bonds is 6. The van der Waals surface area contributed by atoms with Crippen LogP contribution in [0.4, 0.5) is 0 Å². The van der Waals surface area contributed by atoms with Crippen LogP contribution in [0.25, 0.3) is 0 Å². The van der Waals surface area contributed by atoms with Crippen LogP contribution in [0.3, 0.4) is 0 Å². The van der Waals surface area contributed by atoms with Gasteiger partial charge in [0.15, 0.2) is 0 Å². The molecule has 1 N–H and O–H groups in total. The SMILES string of the molecule is C=CCN(CC(=O)OCC)C(=O)c1cc(Br)c[nH]1. The molecule has 98 valence electrons. The highest BCUT2D eigenvalue weighted by Crippen LogP contribution is 2.12. The third-order valence-electron chi connectivity index (χ3n) is 2.14. The summed E-state index contributed by atoms with van der Waals surface area (Å²) >= 11 is 3.25. The summed E-state index contributed by atoms with van der Waals surface area (Å²) in [5.41, 5.74) is 0.410. The summed E-state index contributed by atoms with van der Waals surface area (Å²) in [7, 11) is 0. The van der Waals surface area contributed by atoms with E-state index in [9.17, 15) is 9.59 Å². The second-order valence-electron chi connectivity index (χ2n) is 3.51. The largest absolute Gasteiger partial charge is 0.465 e. The number of esters is 1. The molecule has 0 fully saturated rings. The van der Waals surface area contributed by atoms with E-state index in [1.54, 1.807) is 25.3 Å². The molecular weight excluding hydrogens is 300 g/mol. The fourth-order valence-corrected chi connectivity index (χ4v) is 1.74. The summed E-state index contributed by atoms with van der Waals surface area (Å²) in [6.45, 7) is 5.78. The van der Waals surface area contributed by atoms with Gasteiger partial charge in [0.05, 0.1) is 6.61 Å². The Kier molecular flexibility index (Phi) is 5.64. The van der Waals surface area contributed by atoms with Gasteiger partial charge >= 0.3 is 5.97 Å². The van der Waals surface area contributed by atoms with Gasteiger partial charge in [-0.15, -0.1) is 6.58 Å². The van der Waals surface area contributed by atoms with Crippen LogP contribution in [-0.4, -0.2) is 41.5 Å². The van der Waals surface area contributed by atoms with Gasteiger partial charge in [-0.3, -0.25) is 9.59 Å². The summed E-state index contributed by atoms with van der Waals surface area (Å²) in [5, 5.41) is 0. The van der Waals surface area contributed by atoms with Crippen molar-refractivity contribution in [1.82, 2.24) is 9.88 Å². The number of aromatic amines is 1. The van der Waals surface area contributed by atoms with Crippen LogP contribution in [0.2, 0.25) is 0 Å². The second-order valence-corrected chi connectivity index (χ2v) is 4.43. The van der Waals surface area contributed by atoms with E-state index in [1.165, 1.54) is 4.90 Å². The summed E-state index contributed by atoms with van der Waals surface area (Å²) < 4.78 is 5.60. The van der Waals surface area contributed by atoms with E-state index in [0.717, 1.165) is 4.47 Å². The molecule has 0 aliphatic rings. The fourth-order valence-electron chi connectivity index (χ4n) is 1.40. The molecule has 1 aromatic rings. The average Bonchev–Trinajstić information content (AvgIpc) is 2.75. The summed E-state index contributed by atoms with van der Waals surface area (Å²) in [5.74, 6) is -0.702. The third kappa shape index (κ3) is 4.03. The van der Waals surface area contributed by atoms with E-state index in [0.29, 0.717) is 12.3 Å². The minimum absolute atomic E-state index is 0.0880. The van der Waals surface area contributed by atoms with Crippen LogP contribution < -0.4 is 0 Å². The Morgan fingerprint density at radius 3 is 2.83 bits per heavy atom. The Labute approximate surface area is 114 Å². The van der Waals surface area contributed by atoms with E-state index in [-0.39, 0.29) is 19.0 Å². The van der Waals surface area contributed by atoms with Crippen LogP contribution in [0.15, 0.2) is 29.4 Å². The quantitative estimate of drug-likeness (QED) is 0.645. The lowest BCUT2D eigenvalue weighted by Crippen LogP contribution is -2.36. The third-order valence-corrected chi connectivity index (χ3v) is 2.60. The maximum absolute atomic E-state index is 12.1. The molecule has 1 amide bonds. The van der Waals surface area contributed by atoms with Crippen LogP contribution in [0, 0.1) is 0 Å². The van der Waals surface area contributed by atoms with Crippen LogP contribution >= 0.6 is 15.9 Å². The number of halogens is 1. The van der Waals surface area contributed by atoms with Gasteiger partial charge in [-0.2, -0.15) is 0 Å². The maximum Gasteiger partial charge on any atom is 0.325 e. The molecule has 0 saturated carbocycles. The number of H-pyrrole nitrogens is 1. The molecule has 6 heteroatoms. The van der Waals surface area contributed by atoms with Crippen molar-refractivity contribution in [3.05, 3.63) is 35.1 Å². The number of hydrogen-bond acceptors (Lipinski definition) is 3. The molecule has 0 bridgehead atoms. The van der Waals surface area contributed by atoms with Gasteiger partial charge in [-0.05, 0) is 28.9 Å². The molecule has 5 nitrogen and oxygen atoms in total. The summed E-state index contributed by atoms with van der Waals surface area (Å²) in [4.78, 5) is 27.7. The van der Waals surface area contributed by atoms with E-state index in [2.05, 4.69) is 27.5 Å². The highest BCUT2D eigenvalue weighted by atomic mass is 79.9. The lowest BCUT2D eigenvalue weighted by atomic mass is 10.3. The topological polar surface area (TPSA) is 62.4 Å². The molecule has 0 unspecified atom stereocenters. The highest BCUT2D eigenvalue weighted by Gasteiger charge is 2.19. The Morgan fingerprint density at radius 1 is 1.61 bits per heavy atom. The fraction of sp³-hybridized carbons (Fsp3) is 0.333. The van der Waals surface area contributed by atoms with Crippen molar-refractivity contribution >= 4 is 27.8 Å². The molecule has 0 spiro atoms. The van der Waals surface area contributed by atoms with Crippen molar-refractivity contribution in [2.75, 3.05) is 19.7 Å². The molecule has 1 heterocycles. The first kappa shape index (κ1) is 14.5. The molecule has 18 heavy (non-hydrogen) atoms. The van der Waals surface area contributed by atoms with Crippen molar-refractivity contribution in [1.29, 1.82) is 0 Å². The lowest BCUT2D eigenvalue weighted by molar-refractivity contribution is -0.143. The monoisotopic (exact) mass is 314 g/mol. The van der Waals surface area contributed by atoms with Crippen LogP contribution in [-0.2, 0) is 9.53 Å².